The van der Waals surface area contributed by atoms with Crippen LogP contribution in [-0.2, 0) is 12.0 Å². The third kappa shape index (κ3) is 3.66. The molecule has 0 amide bonds. The van der Waals surface area contributed by atoms with E-state index in [0.717, 1.165) is 21.5 Å². The minimum absolute atomic E-state index is 0.0241. The van der Waals surface area contributed by atoms with E-state index < -0.39 is 0 Å². The normalized spacial score (nSPS) is 11.5. The molecule has 2 rings (SSSR count). The van der Waals surface area contributed by atoms with E-state index in [4.69, 9.17) is 10.5 Å². The molecule has 0 aliphatic rings. The highest BCUT2D eigenvalue weighted by molar-refractivity contribution is 9.10. The second-order valence-electron chi connectivity index (χ2n) is 6.27. The van der Waals surface area contributed by atoms with Crippen LogP contribution >= 0.6 is 15.9 Å². The summed E-state index contributed by atoms with van der Waals surface area (Å²) in [6.07, 6.45) is 0. The van der Waals surface area contributed by atoms with Gasteiger partial charge in [-0.25, -0.2) is 0 Å². The van der Waals surface area contributed by atoms with Crippen molar-refractivity contribution in [3.05, 3.63) is 57.6 Å². The molecule has 0 atom stereocenters. The lowest BCUT2D eigenvalue weighted by molar-refractivity contribution is 0.450. The monoisotopic (exact) mass is 347 g/mol. The molecule has 2 aromatic rings. The van der Waals surface area contributed by atoms with Crippen LogP contribution < -0.4 is 10.5 Å². The highest BCUT2D eigenvalue weighted by atomic mass is 79.9. The summed E-state index contributed by atoms with van der Waals surface area (Å²) in [4.78, 5) is 0. The van der Waals surface area contributed by atoms with Crippen LogP contribution in [-0.4, -0.2) is 0 Å². The van der Waals surface area contributed by atoms with Crippen molar-refractivity contribution in [1.29, 1.82) is 0 Å². The van der Waals surface area contributed by atoms with Gasteiger partial charge in [0.15, 0.2) is 0 Å². The van der Waals surface area contributed by atoms with Gasteiger partial charge in [-0.05, 0) is 30.5 Å². The van der Waals surface area contributed by atoms with Gasteiger partial charge in [0.1, 0.15) is 11.5 Å². The first-order valence-electron chi connectivity index (χ1n) is 7.09. The number of hydrogen-bond donors (Lipinski definition) is 1. The highest BCUT2D eigenvalue weighted by Gasteiger charge is 2.20. The maximum atomic E-state index is 6.18. The molecule has 0 fully saturated rings. The van der Waals surface area contributed by atoms with Crippen LogP contribution in [0.2, 0.25) is 0 Å². The van der Waals surface area contributed by atoms with Gasteiger partial charge in [0, 0.05) is 22.1 Å². The van der Waals surface area contributed by atoms with Gasteiger partial charge in [-0.15, -0.1) is 0 Å². The molecule has 0 bridgehead atoms. The van der Waals surface area contributed by atoms with Crippen molar-refractivity contribution in [3.63, 3.8) is 0 Å². The van der Waals surface area contributed by atoms with E-state index in [9.17, 15) is 0 Å². The second-order valence-corrected chi connectivity index (χ2v) is 7.13. The average molecular weight is 348 g/mol. The summed E-state index contributed by atoms with van der Waals surface area (Å²) in [5.41, 5.74) is 9.29. The Hall–Kier alpha value is -1.32. The number of ether oxygens (including phenoxy) is 1. The van der Waals surface area contributed by atoms with Crippen molar-refractivity contribution in [2.45, 2.75) is 39.7 Å². The van der Waals surface area contributed by atoms with Gasteiger partial charge >= 0.3 is 0 Å². The fraction of sp³-hybridized carbons (Fsp3) is 0.333. The molecule has 0 saturated carbocycles. The SMILES string of the molecule is Cc1ccc(Oc2cccc(Br)c2CN)c(C(C)(C)C)c1. The summed E-state index contributed by atoms with van der Waals surface area (Å²) in [7, 11) is 0. The Morgan fingerprint density at radius 3 is 2.43 bits per heavy atom. The summed E-state index contributed by atoms with van der Waals surface area (Å²) in [5.74, 6) is 1.70. The number of hydrogen-bond acceptors (Lipinski definition) is 2. The fourth-order valence-electron chi connectivity index (χ4n) is 2.27. The van der Waals surface area contributed by atoms with Crippen LogP contribution in [0, 0.1) is 6.92 Å². The Balaban J connectivity index is 2.48. The minimum atomic E-state index is 0.0241. The molecule has 3 heteroatoms. The summed E-state index contributed by atoms with van der Waals surface area (Å²) in [6.45, 7) is 9.12. The van der Waals surface area contributed by atoms with Crippen molar-refractivity contribution in [3.8, 4) is 11.5 Å². The summed E-state index contributed by atoms with van der Waals surface area (Å²) >= 11 is 3.53. The van der Waals surface area contributed by atoms with Crippen molar-refractivity contribution in [1.82, 2.24) is 0 Å². The fourth-order valence-corrected chi connectivity index (χ4v) is 2.78. The summed E-state index contributed by atoms with van der Waals surface area (Å²) in [6, 6.07) is 12.2. The van der Waals surface area contributed by atoms with Gasteiger partial charge < -0.3 is 10.5 Å². The van der Waals surface area contributed by atoms with Gasteiger partial charge in [0.25, 0.3) is 0 Å². The van der Waals surface area contributed by atoms with Gasteiger partial charge in [-0.2, -0.15) is 0 Å². The maximum Gasteiger partial charge on any atom is 0.133 e. The zero-order valence-electron chi connectivity index (χ0n) is 13.0. The topological polar surface area (TPSA) is 35.2 Å². The molecular formula is C18H22BrNO. The van der Waals surface area contributed by atoms with E-state index in [0.29, 0.717) is 6.54 Å². The first kappa shape index (κ1) is 16.1. The maximum absolute atomic E-state index is 6.18. The van der Waals surface area contributed by atoms with Crippen molar-refractivity contribution in [2.75, 3.05) is 0 Å². The first-order valence-corrected chi connectivity index (χ1v) is 7.88. The molecule has 0 spiro atoms. The molecule has 21 heavy (non-hydrogen) atoms. The van der Waals surface area contributed by atoms with E-state index in [1.807, 2.05) is 24.3 Å². The molecule has 0 unspecified atom stereocenters. The summed E-state index contributed by atoms with van der Waals surface area (Å²) in [5, 5.41) is 0. The van der Waals surface area contributed by atoms with E-state index >= 15 is 0 Å². The molecule has 0 radical (unpaired) electrons. The van der Waals surface area contributed by atoms with Gasteiger partial charge in [0.2, 0.25) is 0 Å². The Kier molecular flexibility index (Phi) is 4.74. The molecular weight excluding hydrogens is 326 g/mol. The lowest BCUT2D eigenvalue weighted by atomic mass is 9.85. The molecule has 112 valence electrons. The standard InChI is InChI=1S/C18H22BrNO/c1-12-8-9-17(14(10-12)18(2,3)4)21-16-7-5-6-15(19)13(16)11-20/h5-10H,11,20H2,1-4H3. The number of benzene rings is 2. The number of aryl methyl sites for hydroxylation is 1. The van der Waals surface area contributed by atoms with Crippen LogP contribution in [0.3, 0.4) is 0 Å². The predicted octanol–water partition coefficient (Wildman–Crippen LogP) is 5.31. The van der Waals surface area contributed by atoms with E-state index in [-0.39, 0.29) is 5.41 Å². The average Bonchev–Trinajstić information content (AvgIpc) is 2.40. The largest absolute Gasteiger partial charge is 0.457 e. The zero-order chi connectivity index (χ0) is 15.6. The Morgan fingerprint density at radius 2 is 1.81 bits per heavy atom. The number of halogens is 1. The molecule has 0 aromatic heterocycles. The van der Waals surface area contributed by atoms with E-state index in [2.05, 4.69) is 55.8 Å². The highest BCUT2D eigenvalue weighted by Crippen LogP contribution is 2.37. The molecule has 2 nitrogen and oxygen atoms in total. The number of rotatable bonds is 3. The Bertz CT molecular complexity index is 644. The third-order valence-corrected chi connectivity index (χ3v) is 4.19. The third-order valence-electron chi connectivity index (χ3n) is 3.44. The van der Waals surface area contributed by atoms with Crippen molar-refractivity contribution >= 4 is 15.9 Å². The second kappa shape index (κ2) is 6.20. The predicted molar refractivity (Wildman–Crippen MR) is 92.0 cm³/mol. The lowest BCUT2D eigenvalue weighted by Crippen LogP contribution is -2.13. The van der Waals surface area contributed by atoms with Crippen molar-refractivity contribution < 1.29 is 4.74 Å². The van der Waals surface area contributed by atoms with Crippen LogP contribution in [0.5, 0.6) is 11.5 Å². The van der Waals surface area contributed by atoms with Gasteiger partial charge in [-0.3, -0.25) is 0 Å². The summed E-state index contributed by atoms with van der Waals surface area (Å²) < 4.78 is 7.16. The Morgan fingerprint density at radius 1 is 1.10 bits per heavy atom. The molecule has 0 aliphatic carbocycles. The van der Waals surface area contributed by atoms with Crippen LogP contribution in [0.4, 0.5) is 0 Å². The van der Waals surface area contributed by atoms with Crippen LogP contribution in [0.15, 0.2) is 40.9 Å². The minimum Gasteiger partial charge on any atom is -0.457 e. The molecule has 0 heterocycles. The molecule has 0 saturated heterocycles. The zero-order valence-corrected chi connectivity index (χ0v) is 14.6. The number of nitrogens with two attached hydrogens (primary N) is 1. The van der Waals surface area contributed by atoms with Gasteiger partial charge in [-0.1, -0.05) is 60.5 Å². The van der Waals surface area contributed by atoms with E-state index in [1.165, 1.54) is 11.1 Å². The smallest absolute Gasteiger partial charge is 0.133 e. The lowest BCUT2D eigenvalue weighted by Gasteiger charge is -2.24. The quantitative estimate of drug-likeness (QED) is 0.816. The molecule has 2 N–H and O–H groups in total. The van der Waals surface area contributed by atoms with Crippen LogP contribution in [0.25, 0.3) is 0 Å². The molecule has 0 aliphatic heterocycles. The van der Waals surface area contributed by atoms with Crippen molar-refractivity contribution in [2.24, 2.45) is 5.73 Å². The van der Waals surface area contributed by atoms with E-state index in [1.54, 1.807) is 0 Å². The molecule has 2 aromatic carbocycles. The first-order chi connectivity index (χ1) is 9.82. The Labute approximate surface area is 135 Å². The van der Waals surface area contributed by atoms with Gasteiger partial charge in [0.05, 0.1) is 0 Å². The van der Waals surface area contributed by atoms with Crippen LogP contribution in [0.1, 0.15) is 37.5 Å².